The van der Waals surface area contributed by atoms with Gasteiger partial charge < -0.3 is 4.74 Å². The normalized spacial score (nSPS) is 18.8. The van der Waals surface area contributed by atoms with Crippen molar-refractivity contribution in [2.75, 3.05) is 6.61 Å². The Morgan fingerprint density at radius 2 is 2.00 bits per heavy atom. The molecule has 0 amide bonds. The maximum atomic E-state index is 11.5. The third-order valence-electron chi connectivity index (χ3n) is 2.68. The van der Waals surface area contributed by atoms with Crippen molar-refractivity contribution < 1.29 is 9.53 Å². The lowest BCUT2D eigenvalue weighted by molar-refractivity contribution is -0.149. The van der Waals surface area contributed by atoms with Crippen molar-refractivity contribution in [1.82, 2.24) is 0 Å². The Balaban J connectivity index is 2.13. The fourth-order valence-corrected chi connectivity index (χ4v) is 2.06. The van der Waals surface area contributed by atoms with Crippen LogP contribution in [0.5, 0.6) is 0 Å². The standard InChI is InChI=1S/C10H20O2Si/c11-10(12-7-4-8-13)9-5-2-1-3-6-9/h9H,1-8H2,13H3. The number of carbonyl (C=O) groups excluding carboxylic acids is 1. The molecule has 0 heterocycles. The lowest BCUT2D eigenvalue weighted by Gasteiger charge is -2.19. The van der Waals surface area contributed by atoms with Crippen molar-refractivity contribution in [3.63, 3.8) is 0 Å². The van der Waals surface area contributed by atoms with E-state index in [1.807, 2.05) is 0 Å². The molecular formula is C10H20O2Si. The largest absolute Gasteiger partial charge is 0.465 e. The summed E-state index contributed by atoms with van der Waals surface area (Å²) >= 11 is 0. The first-order chi connectivity index (χ1) is 6.34. The fraction of sp³-hybridized carbons (Fsp3) is 0.900. The van der Waals surface area contributed by atoms with Gasteiger partial charge in [-0.1, -0.05) is 25.3 Å². The molecule has 1 aliphatic rings. The van der Waals surface area contributed by atoms with Crippen LogP contribution in [0.4, 0.5) is 0 Å². The molecule has 0 atom stereocenters. The number of carbonyl (C=O) groups is 1. The predicted molar refractivity (Wildman–Crippen MR) is 56.9 cm³/mol. The second kappa shape index (κ2) is 6.19. The molecule has 1 rings (SSSR count). The van der Waals surface area contributed by atoms with Gasteiger partial charge in [-0.25, -0.2) is 0 Å². The molecule has 1 saturated carbocycles. The molecule has 0 aromatic rings. The second-order valence-corrected chi connectivity index (χ2v) is 4.86. The van der Waals surface area contributed by atoms with E-state index >= 15 is 0 Å². The second-order valence-electron chi connectivity index (χ2n) is 3.86. The zero-order chi connectivity index (χ0) is 9.52. The third kappa shape index (κ3) is 3.94. The van der Waals surface area contributed by atoms with Gasteiger partial charge in [0, 0.05) is 10.2 Å². The Labute approximate surface area is 83.5 Å². The topological polar surface area (TPSA) is 26.3 Å². The van der Waals surface area contributed by atoms with Crippen molar-refractivity contribution in [2.45, 2.75) is 44.6 Å². The average molecular weight is 200 g/mol. The van der Waals surface area contributed by atoms with E-state index in [1.54, 1.807) is 0 Å². The van der Waals surface area contributed by atoms with Crippen LogP contribution in [0.25, 0.3) is 0 Å². The van der Waals surface area contributed by atoms with Gasteiger partial charge in [0.15, 0.2) is 0 Å². The molecule has 0 aromatic carbocycles. The molecule has 13 heavy (non-hydrogen) atoms. The van der Waals surface area contributed by atoms with E-state index in [9.17, 15) is 4.79 Å². The van der Waals surface area contributed by atoms with Crippen LogP contribution in [-0.4, -0.2) is 22.8 Å². The Morgan fingerprint density at radius 3 is 2.62 bits per heavy atom. The van der Waals surface area contributed by atoms with Gasteiger partial charge in [0.2, 0.25) is 0 Å². The Hall–Kier alpha value is -0.313. The minimum Gasteiger partial charge on any atom is -0.465 e. The summed E-state index contributed by atoms with van der Waals surface area (Å²) in [5, 5.41) is 0. The van der Waals surface area contributed by atoms with Gasteiger partial charge >= 0.3 is 5.97 Å². The smallest absolute Gasteiger partial charge is 0.308 e. The van der Waals surface area contributed by atoms with Crippen molar-refractivity contribution in [2.24, 2.45) is 5.92 Å². The summed E-state index contributed by atoms with van der Waals surface area (Å²) in [4.78, 5) is 11.5. The molecule has 3 heteroatoms. The van der Waals surface area contributed by atoms with Crippen molar-refractivity contribution in [3.8, 4) is 0 Å². The molecule has 1 fully saturated rings. The number of rotatable bonds is 4. The maximum absolute atomic E-state index is 11.5. The number of esters is 1. The van der Waals surface area contributed by atoms with Gasteiger partial charge in [0.1, 0.15) is 0 Å². The fourth-order valence-electron chi connectivity index (χ4n) is 1.77. The highest BCUT2D eigenvalue weighted by molar-refractivity contribution is 6.08. The molecule has 0 aliphatic heterocycles. The molecule has 0 aromatic heterocycles. The summed E-state index contributed by atoms with van der Waals surface area (Å²) in [6.45, 7) is 0.652. The van der Waals surface area contributed by atoms with Gasteiger partial charge in [-0.2, -0.15) is 0 Å². The van der Waals surface area contributed by atoms with E-state index in [4.69, 9.17) is 4.74 Å². The molecule has 2 nitrogen and oxygen atoms in total. The van der Waals surface area contributed by atoms with E-state index in [-0.39, 0.29) is 11.9 Å². The molecule has 0 N–H and O–H groups in total. The molecule has 76 valence electrons. The van der Waals surface area contributed by atoms with Crippen molar-refractivity contribution in [3.05, 3.63) is 0 Å². The van der Waals surface area contributed by atoms with E-state index in [2.05, 4.69) is 0 Å². The lowest BCUT2D eigenvalue weighted by atomic mass is 9.89. The van der Waals surface area contributed by atoms with Crippen molar-refractivity contribution in [1.29, 1.82) is 0 Å². The molecule has 1 aliphatic carbocycles. The first-order valence-electron chi connectivity index (χ1n) is 5.51. The summed E-state index contributed by atoms with van der Waals surface area (Å²) in [6, 6.07) is 1.23. The highest BCUT2D eigenvalue weighted by Crippen LogP contribution is 2.24. The predicted octanol–water partition coefficient (Wildman–Crippen LogP) is 1.28. The van der Waals surface area contributed by atoms with Crippen LogP contribution >= 0.6 is 0 Å². The van der Waals surface area contributed by atoms with Crippen LogP contribution in [0.2, 0.25) is 6.04 Å². The minimum absolute atomic E-state index is 0.0646. The maximum Gasteiger partial charge on any atom is 0.308 e. The van der Waals surface area contributed by atoms with Gasteiger partial charge in [-0.05, 0) is 19.3 Å². The monoisotopic (exact) mass is 200 g/mol. The quantitative estimate of drug-likeness (QED) is 0.388. The third-order valence-corrected chi connectivity index (χ3v) is 3.39. The molecule has 0 saturated heterocycles. The molecular weight excluding hydrogens is 180 g/mol. The number of ether oxygens (including phenoxy) is 1. The zero-order valence-electron chi connectivity index (χ0n) is 8.55. The SMILES string of the molecule is O=C(OCCC[SiH3])C1CCCCC1. The number of hydrogen-bond donors (Lipinski definition) is 0. The summed E-state index contributed by atoms with van der Waals surface area (Å²) in [7, 11) is 1.22. The highest BCUT2D eigenvalue weighted by atomic mass is 28.1. The summed E-state index contributed by atoms with van der Waals surface area (Å²) in [5.41, 5.74) is 0. The van der Waals surface area contributed by atoms with Crippen LogP contribution in [0, 0.1) is 5.92 Å². The van der Waals surface area contributed by atoms with E-state index in [0.29, 0.717) is 6.61 Å². The summed E-state index contributed by atoms with van der Waals surface area (Å²) < 4.78 is 5.21. The molecule has 0 radical (unpaired) electrons. The highest BCUT2D eigenvalue weighted by Gasteiger charge is 2.21. The van der Waals surface area contributed by atoms with Gasteiger partial charge in [-0.3, -0.25) is 4.79 Å². The average Bonchev–Trinajstić information content (AvgIpc) is 2.19. The lowest BCUT2D eigenvalue weighted by Crippen LogP contribution is -2.20. The zero-order valence-corrected chi connectivity index (χ0v) is 10.6. The Bertz CT molecular complexity index is 153. The van der Waals surface area contributed by atoms with E-state index < -0.39 is 0 Å². The van der Waals surface area contributed by atoms with Gasteiger partial charge in [0.25, 0.3) is 0 Å². The summed E-state index contributed by atoms with van der Waals surface area (Å²) in [5.74, 6) is 0.290. The first-order valence-corrected chi connectivity index (χ1v) is 6.92. The Morgan fingerprint density at radius 1 is 1.31 bits per heavy atom. The molecule has 0 spiro atoms. The van der Waals surface area contributed by atoms with Crippen LogP contribution in [-0.2, 0) is 9.53 Å². The Kier molecular flexibility index (Phi) is 5.12. The van der Waals surface area contributed by atoms with Gasteiger partial charge in [-0.15, -0.1) is 0 Å². The van der Waals surface area contributed by atoms with Crippen LogP contribution in [0.15, 0.2) is 0 Å². The molecule has 0 bridgehead atoms. The van der Waals surface area contributed by atoms with Crippen LogP contribution in [0.3, 0.4) is 0 Å². The van der Waals surface area contributed by atoms with Crippen molar-refractivity contribution >= 4 is 16.2 Å². The summed E-state index contributed by atoms with van der Waals surface area (Å²) in [6.07, 6.45) is 6.88. The minimum atomic E-state index is 0.0646. The first kappa shape index (κ1) is 10.8. The number of hydrogen-bond acceptors (Lipinski definition) is 2. The van der Waals surface area contributed by atoms with E-state index in [0.717, 1.165) is 19.3 Å². The van der Waals surface area contributed by atoms with Crippen LogP contribution < -0.4 is 0 Å². The van der Waals surface area contributed by atoms with Gasteiger partial charge in [0.05, 0.1) is 12.5 Å². The molecule has 0 unspecified atom stereocenters. The van der Waals surface area contributed by atoms with E-state index in [1.165, 1.54) is 35.5 Å². The van der Waals surface area contributed by atoms with Crippen LogP contribution in [0.1, 0.15) is 38.5 Å².